The van der Waals surface area contributed by atoms with Crippen molar-refractivity contribution in [1.29, 1.82) is 0 Å². The zero-order valence-electron chi connectivity index (χ0n) is 17.2. The molecule has 31 heavy (non-hydrogen) atoms. The van der Waals surface area contributed by atoms with Crippen LogP contribution >= 0.6 is 0 Å². The maximum atomic E-state index is 12.2. The van der Waals surface area contributed by atoms with E-state index in [0.29, 0.717) is 42.5 Å². The highest BCUT2D eigenvalue weighted by atomic mass is 16.5. The zero-order valence-corrected chi connectivity index (χ0v) is 17.2. The Bertz CT molecular complexity index is 971. The van der Waals surface area contributed by atoms with Crippen molar-refractivity contribution in [3.05, 3.63) is 78.3 Å². The summed E-state index contributed by atoms with van der Waals surface area (Å²) in [4.78, 5) is 24.4. The Kier molecular flexibility index (Phi) is 8.07. The standard InChI is InChI=1S/C23H25N3O5/c1-29-12-13-31-20-5-2-4-19(14-20)24-16-22(27)26-18-9-7-17(8-10-18)23(28)25-15-21-6-3-11-30-21/h2-11,14,24H,12-13,15-16H2,1H3,(H,25,28)(H,26,27). The van der Waals surface area contributed by atoms with Crippen LogP contribution < -0.4 is 20.7 Å². The van der Waals surface area contributed by atoms with Crippen molar-refractivity contribution in [2.45, 2.75) is 6.54 Å². The van der Waals surface area contributed by atoms with Gasteiger partial charge in [-0.1, -0.05) is 6.07 Å². The number of anilines is 2. The van der Waals surface area contributed by atoms with Gasteiger partial charge in [0.05, 0.1) is 26.0 Å². The number of hydrogen-bond donors (Lipinski definition) is 3. The molecule has 162 valence electrons. The number of amides is 2. The second-order valence-corrected chi connectivity index (χ2v) is 6.61. The quantitative estimate of drug-likeness (QED) is 0.409. The molecule has 3 aromatic rings. The van der Waals surface area contributed by atoms with E-state index in [1.165, 1.54) is 0 Å². The molecule has 0 saturated heterocycles. The molecule has 0 bridgehead atoms. The highest BCUT2D eigenvalue weighted by molar-refractivity contribution is 5.96. The average Bonchev–Trinajstić information content (AvgIpc) is 3.31. The van der Waals surface area contributed by atoms with E-state index >= 15 is 0 Å². The summed E-state index contributed by atoms with van der Waals surface area (Å²) in [6, 6.07) is 17.6. The second-order valence-electron chi connectivity index (χ2n) is 6.61. The van der Waals surface area contributed by atoms with Crippen LogP contribution in [-0.2, 0) is 16.1 Å². The molecule has 0 aliphatic heterocycles. The molecule has 0 fully saturated rings. The summed E-state index contributed by atoms with van der Waals surface area (Å²) >= 11 is 0. The molecule has 1 heterocycles. The van der Waals surface area contributed by atoms with Crippen molar-refractivity contribution in [2.24, 2.45) is 0 Å². The molecule has 8 heteroatoms. The highest BCUT2D eigenvalue weighted by Crippen LogP contribution is 2.17. The third-order valence-electron chi connectivity index (χ3n) is 4.28. The van der Waals surface area contributed by atoms with E-state index in [-0.39, 0.29) is 18.4 Å². The Morgan fingerprint density at radius 1 is 0.968 bits per heavy atom. The van der Waals surface area contributed by atoms with Crippen LogP contribution in [0, 0.1) is 0 Å². The molecule has 2 amide bonds. The molecule has 8 nitrogen and oxygen atoms in total. The van der Waals surface area contributed by atoms with Crippen LogP contribution in [-0.4, -0.2) is 38.7 Å². The number of rotatable bonds is 11. The largest absolute Gasteiger partial charge is 0.491 e. The fourth-order valence-electron chi connectivity index (χ4n) is 2.71. The van der Waals surface area contributed by atoms with Crippen LogP contribution in [0.15, 0.2) is 71.3 Å². The molecule has 0 aliphatic rings. The summed E-state index contributed by atoms with van der Waals surface area (Å²) in [5.41, 5.74) is 1.87. The lowest BCUT2D eigenvalue weighted by Gasteiger charge is -2.10. The van der Waals surface area contributed by atoms with Crippen LogP contribution in [0.2, 0.25) is 0 Å². The Morgan fingerprint density at radius 3 is 2.55 bits per heavy atom. The van der Waals surface area contributed by atoms with Gasteiger partial charge in [-0.05, 0) is 48.5 Å². The number of furan rings is 1. The van der Waals surface area contributed by atoms with E-state index in [4.69, 9.17) is 13.9 Å². The van der Waals surface area contributed by atoms with Gasteiger partial charge in [0, 0.05) is 30.1 Å². The van der Waals surface area contributed by atoms with E-state index < -0.39 is 0 Å². The minimum atomic E-state index is -0.219. The number of hydrogen-bond acceptors (Lipinski definition) is 6. The van der Waals surface area contributed by atoms with Gasteiger partial charge in [-0.2, -0.15) is 0 Å². The number of carbonyl (C=O) groups excluding carboxylic acids is 2. The van der Waals surface area contributed by atoms with Crippen molar-refractivity contribution in [1.82, 2.24) is 5.32 Å². The van der Waals surface area contributed by atoms with Gasteiger partial charge in [0.25, 0.3) is 5.91 Å². The van der Waals surface area contributed by atoms with Gasteiger partial charge in [0.2, 0.25) is 5.91 Å². The van der Waals surface area contributed by atoms with E-state index in [1.54, 1.807) is 49.8 Å². The summed E-state index contributed by atoms with van der Waals surface area (Å²) in [6.45, 7) is 1.36. The van der Waals surface area contributed by atoms with Crippen LogP contribution in [0.5, 0.6) is 5.75 Å². The van der Waals surface area contributed by atoms with Crippen LogP contribution in [0.25, 0.3) is 0 Å². The number of nitrogens with one attached hydrogen (secondary N) is 3. The van der Waals surface area contributed by atoms with Gasteiger partial charge < -0.3 is 29.8 Å². The van der Waals surface area contributed by atoms with Crippen molar-refractivity contribution >= 4 is 23.2 Å². The first kappa shape index (κ1) is 21.9. The van der Waals surface area contributed by atoms with Crippen LogP contribution in [0.4, 0.5) is 11.4 Å². The van der Waals surface area contributed by atoms with Crippen LogP contribution in [0.1, 0.15) is 16.1 Å². The summed E-state index contributed by atoms with van der Waals surface area (Å²) in [5, 5.41) is 8.63. The molecule has 0 saturated carbocycles. The van der Waals surface area contributed by atoms with Gasteiger partial charge in [0.15, 0.2) is 0 Å². The van der Waals surface area contributed by atoms with Crippen molar-refractivity contribution in [3.8, 4) is 5.75 Å². The number of methoxy groups -OCH3 is 1. The lowest BCUT2D eigenvalue weighted by molar-refractivity contribution is -0.114. The normalized spacial score (nSPS) is 10.4. The highest BCUT2D eigenvalue weighted by Gasteiger charge is 2.08. The van der Waals surface area contributed by atoms with E-state index in [1.807, 2.05) is 24.3 Å². The first-order valence-corrected chi connectivity index (χ1v) is 9.80. The Balaban J connectivity index is 1.44. The summed E-state index contributed by atoms with van der Waals surface area (Å²) in [7, 11) is 1.62. The Labute approximate surface area is 180 Å². The molecular weight excluding hydrogens is 398 g/mol. The topological polar surface area (TPSA) is 102 Å². The molecule has 0 spiro atoms. The molecule has 3 rings (SSSR count). The minimum absolute atomic E-state index is 0.0902. The molecule has 3 N–H and O–H groups in total. The summed E-state index contributed by atoms with van der Waals surface area (Å²) in [5.74, 6) is 0.949. The van der Waals surface area contributed by atoms with Gasteiger partial charge in [-0.25, -0.2) is 0 Å². The van der Waals surface area contributed by atoms with Gasteiger partial charge in [0.1, 0.15) is 18.1 Å². The Hall–Kier alpha value is -3.78. The maximum absolute atomic E-state index is 12.2. The van der Waals surface area contributed by atoms with Crippen LogP contribution in [0.3, 0.4) is 0 Å². The monoisotopic (exact) mass is 423 g/mol. The van der Waals surface area contributed by atoms with E-state index in [2.05, 4.69) is 16.0 Å². The van der Waals surface area contributed by atoms with Crippen molar-refractivity contribution in [3.63, 3.8) is 0 Å². The lowest BCUT2D eigenvalue weighted by atomic mass is 10.2. The predicted octanol–water partition coefficient (Wildman–Crippen LogP) is 3.29. The number of benzene rings is 2. The summed E-state index contributed by atoms with van der Waals surface area (Å²) in [6.07, 6.45) is 1.56. The maximum Gasteiger partial charge on any atom is 0.251 e. The number of ether oxygens (including phenoxy) is 2. The Morgan fingerprint density at radius 2 is 1.81 bits per heavy atom. The predicted molar refractivity (Wildman–Crippen MR) is 117 cm³/mol. The van der Waals surface area contributed by atoms with Gasteiger partial charge >= 0.3 is 0 Å². The van der Waals surface area contributed by atoms with E-state index in [0.717, 1.165) is 5.69 Å². The third-order valence-corrected chi connectivity index (χ3v) is 4.28. The molecule has 0 aliphatic carbocycles. The summed E-state index contributed by atoms with van der Waals surface area (Å²) < 4.78 is 15.7. The average molecular weight is 423 g/mol. The molecular formula is C23H25N3O5. The SMILES string of the molecule is COCCOc1cccc(NCC(=O)Nc2ccc(C(=O)NCc3ccco3)cc2)c1. The minimum Gasteiger partial charge on any atom is -0.491 e. The smallest absolute Gasteiger partial charge is 0.251 e. The van der Waals surface area contributed by atoms with Crippen molar-refractivity contribution < 1.29 is 23.5 Å². The first-order valence-electron chi connectivity index (χ1n) is 9.80. The second kappa shape index (κ2) is 11.4. The zero-order chi connectivity index (χ0) is 21.9. The first-order chi connectivity index (χ1) is 15.1. The van der Waals surface area contributed by atoms with Crippen molar-refractivity contribution in [2.75, 3.05) is 37.5 Å². The fraction of sp³-hybridized carbons (Fsp3) is 0.217. The third kappa shape index (κ3) is 7.20. The van der Waals surface area contributed by atoms with Gasteiger partial charge in [-0.3, -0.25) is 9.59 Å². The molecule has 0 atom stereocenters. The molecule has 2 aromatic carbocycles. The molecule has 0 radical (unpaired) electrons. The number of carbonyl (C=O) groups is 2. The lowest BCUT2D eigenvalue weighted by Crippen LogP contribution is -2.23. The van der Waals surface area contributed by atoms with E-state index in [9.17, 15) is 9.59 Å². The fourth-order valence-corrected chi connectivity index (χ4v) is 2.71. The molecule has 1 aromatic heterocycles. The van der Waals surface area contributed by atoms with Gasteiger partial charge in [-0.15, -0.1) is 0 Å². The molecule has 0 unspecified atom stereocenters.